The van der Waals surface area contributed by atoms with E-state index in [1.54, 1.807) is 0 Å². The molecule has 0 saturated heterocycles. The molecule has 0 aromatic carbocycles. The second-order valence-electron chi connectivity index (χ2n) is 3.02. The highest BCUT2D eigenvalue weighted by atomic mass is 16.5. The quantitative estimate of drug-likeness (QED) is 0.575. The van der Waals surface area contributed by atoms with Crippen LogP contribution >= 0.6 is 0 Å². The molecule has 0 fully saturated rings. The first-order chi connectivity index (χ1) is 6.24. The number of aliphatic hydroxyl groups is 2. The van der Waals surface area contributed by atoms with Crippen molar-refractivity contribution in [1.29, 1.82) is 0 Å². The van der Waals surface area contributed by atoms with Gasteiger partial charge >= 0.3 is 0 Å². The van der Waals surface area contributed by atoms with Gasteiger partial charge in [-0.15, -0.1) is 0 Å². The first-order valence-electron chi connectivity index (χ1n) is 4.64. The molecular weight excluding hydrogens is 172 g/mol. The Bertz CT molecular complexity index is 104. The van der Waals surface area contributed by atoms with Gasteiger partial charge in [-0.1, -0.05) is 13.3 Å². The van der Waals surface area contributed by atoms with Crippen LogP contribution in [0.2, 0.25) is 0 Å². The molecule has 0 rings (SSSR count). The van der Waals surface area contributed by atoms with E-state index in [4.69, 9.17) is 14.6 Å². The number of methoxy groups -OCH3 is 1. The first-order valence-corrected chi connectivity index (χ1v) is 4.64. The molecule has 4 nitrogen and oxygen atoms in total. The summed E-state index contributed by atoms with van der Waals surface area (Å²) < 4.78 is 10.0. The molecular formula is C9H20O4. The molecule has 2 unspecified atom stereocenters. The molecule has 0 amide bonds. The topological polar surface area (TPSA) is 58.9 Å². The van der Waals surface area contributed by atoms with Crippen molar-refractivity contribution in [2.75, 3.05) is 26.9 Å². The van der Waals surface area contributed by atoms with Gasteiger partial charge in [-0.25, -0.2) is 0 Å². The predicted molar refractivity (Wildman–Crippen MR) is 49.6 cm³/mol. The standard InChI is InChI=1S/C9H20O4/c1-3-4-8(11)6-13-7-9(5-10)12-2/h8-11H,3-7H2,1-2H3. The zero-order valence-corrected chi connectivity index (χ0v) is 8.40. The lowest BCUT2D eigenvalue weighted by atomic mass is 10.2. The first kappa shape index (κ1) is 12.8. The minimum Gasteiger partial charge on any atom is -0.394 e. The lowest BCUT2D eigenvalue weighted by Gasteiger charge is -2.14. The maximum atomic E-state index is 9.28. The molecule has 0 bridgehead atoms. The van der Waals surface area contributed by atoms with Crippen LogP contribution < -0.4 is 0 Å². The van der Waals surface area contributed by atoms with Crippen LogP contribution in [0.15, 0.2) is 0 Å². The van der Waals surface area contributed by atoms with Gasteiger partial charge in [-0.3, -0.25) is 0 Å². The number of rotatable bonds is 8. The zero-order valence-electron chi connectivity index (χ0n) is 8.40. The molecule has 4 heteroatoms. The Balaban J connectivity index is 3.32. The van der Waals surface area contributed by atoms with Crippen LogP contribution in [0.25, 0.3) is 0 Å². The van der Waals surface area contributed by atoms with Crippen LogP contribution in [0.3, 0.4) is 0 Å². The van der Waals surface area contributed by atoms with Crippen molar-refractivity contribution in [3.05, 3.63) is 0 Å². The van der Waals surface area contributed by atoms with Gasteiger partial charge in [0.1, 0.15) is 6.10 Å². The molecule has 0 aliphatic carbocycles. The fraction of sp³-hybridized carbons (Fsp3) is 1.00. The molecule has 13 heavy (non-hydrogen) atoms. The third-order valence-corrected chi connectivity index (χ3v) is 1.77. The molecule has 0 radical (unpaired) electrons. The van der Waals surface area contributed by atoms with E-state index in [-0.39, 0.29) is 12.7 Å². The van der Waals surface area contributed by atoms with Crippen molar-refractivity contribution in [2.45, 2.75) is 32.0 Å². The van der Waals surface area contributed by atoms with Crippen molar-refractivity contribution in [3.63, 3.8) is 0 Å². The normalized spacial score (nSPS) is 15.7. The summed E-state index contributed by atoms with van der Waals surface area (Å²) in [6.07, 6.45) is 1.00. The molecule has 0 aliphatic heterocycles. The Morgan fingerprint density at radius 2 is 2.00 bits per heavy atom. The summed E-state index contributed by atoms with van der Waals surface area (Å²) in [4.78, 5) is 0. The second-order valence-corrected chi connectivity index (χ2v) is 3.02. The van der Waals surface area contributed by atoms with E-state index in [1.165, 1.54) is 7.11 Å². The molecule has 80 valence electrons. The number of ether oxygens (including phenoxy) is 2. The van der Waals surface area contributed by atoms with Crippen molar-refractivity contribution < 1.29 is 19.7 Å². The fourth-order valence-corrected chi connectivity index (χ4v) is 0.947. The summed E-state index contributed by atoms with van der Waals surface area (Å²) >= 11 is 0. The summed E-state index contributed by atoms with van der Waals surface area (Å²) in [5.74, 6) is 0. The predicted octanol–water partition coefficient (Wildman–Crippen LogP) is 0.171. The van der Waals surface area contributed by atoms with Crippen LogP contribution in [0.4, 0.5) is 0 Å². The molecule has 0 aliphatic rings. The van der Waals surface area contributed by atoms with E-state index in [1.807, 2.05) is 6.92 Å². The van der Waals surface area contributed by atoms with E-state index in [2.05, 4.69) is 0 Å². The Kier molecular flexibility index (Phi) is 8.33. The van der Waals surface area contributed by atoms with Gasteiger partial charge in [0, 0.05) is 7.11 Å². The van der Waals surface area contributed by atoms with Crippen molar-refractivity contribution in [1.82, 2.24) is 0 Å². The number of hydrogen-bond acceptors (Lipinski definition) is 4. The van der Waals surface area contributed by atoms with Crippen LogP contribution in [-0.2, 0) is 9.47 Å². The Hall–Kier alpha value is -0.160. The minimum atomic E-state index is -0.402. The highest BCUT2D eigenvalue weighted by Crippen LogP contribution is 1.98. The van der Waals surface area contributed by atoms with Crippen LogP contribution in [0, 0.1) is 0 Å². The van der Waals surface area contributed by atoms with Gasteiger partial charge in [0.15, 0.2) is 0 Å². The van der Waals surface area contributed by atoms with Gasteiger partial charge in [-0.05, 0) is 6.42 Å². The largest absolute Gasteiger partial charge is 0.394 e. The summed E-state index contributed by atoms with van der Waals surface area (Å²) in [6.45, 7) is 2.59. The molecule has 0 aromatic heterocycles. The van der Waals surface area contributed by atoms with Crippen molar-refractivity contribution >= 4 is 0 Å². The van der Waals surface area contributed by atoms with E-state index in [0.29, 0.717) is 13.2 Å². The lowest BCUT2D eigenvalue weighted by molar-refractivity contribution is -0.0427. The van der Waals surface area contributed by atoms with Gasteiger partial charge in [-0.2, -0.15) is 0 Å². The van der Waals surface area contributed by atoms with E-state index < -0.39 is 6.10 Å². The number of hydrogen-bond donors (Lipinski definition) is 2. The molecule has 2 N–H and O–H groups in total. The summed E-state index contributed by atoms with van der Waals surface area (Å²) in [5, 5.41) is 18.0. The van der Waals surface area contributed by atoms with E-state index in [0.717, 1.165) is 12.8 Å². The zero-order chi connectivity index (χ0) is 10.1. The second kappa shape index (κ2) is 8.44. The smallest absolute Gasteiger partial charge is 0.103 e. The van der Waals surface area contributed by atoms with Crippen LogP contribution in [0.1, 0.15) is 19.8 Å². The molecule has 0 spiro atoms. The number of aliphatic hydroxyl groups excluding tert-OH is 2. The molecule has 0 saturated carbocycles. The lowest BCUT2D eigenvalue weighted by Crippen LogP contribution is -2.25. The van der Waals surface area contributed by atoms with Crippen LogP contribution in [0.5, 0.6) is 0 Å². The summed E-state index contributed by atoms with van der Waals surface area (Å²) in [7, 11) is 1.52. The average molecular weight is 192 g/mol. The average Bonchev–Trinajstić information content (AvgIpc) is 2.13. The molecule has 0 aromatic rings. The SMILES string of the molecule is CCCC(O)COCC(CO)OC. The monoisotopic (exact) mass is 192 g/mol. The molecule has 2 atom stereocenters. The Morgan fingerprint density at radius 3 is 2.46 bits per heavy atom. The Labute approximate surface area is 79.5 Å². The third kappa shape index (κ3) is 6.95. The molecule has 0 heterocycles. The van der Waals surface area contributed by atoms with Crippen molar-refractivity contribution in [3.8, 4) is 0 Å². The van der Waals surface area contributed by atoms with E-state index in [9.17, 15) is 5.11 Å². The fourth-order valence-electron chi connectivity index (χ4n) is 0.947. The minimum absolute atomic E-state index is 0.0552. The summed E-state index contributed by atoms with van der Waals surface area (Å²) in [6, 6.07) is 0. The van der Waals surface area contributed by atoms with Gasteiger partial charge in [0.2, 0.25) is 0 Å². The third-order valence-electron chi connectivity index (χ3n) is 1.77. The van der Waals surface area contributed by atoms with E-state index >= 15 is 0 Å². The van der Waals surface area contributed by atoms with Gasteiger partial charge < -0.3 is 19.7 Å². The summed E-state index contributed by atoms with van der Waals surface area (Å²) in [5.41, 5.74) is 0. The highest BCUT2D eigenvalue weighted by Gasteiger charge is 2.07. The van der Waals surface area contributed by atoms with Crippen LogP contribution in [-0.4, -0.2) is 49.4 Å². The van der Waals surface area contributed by atoms with Crippen molar-refractivity contribution in [2.24, 2.45) is 0 Å². The van der Waals surface area contributed by atoms with Gasteiger partial charge in [0.05, 0.1) is 25.9 Å². The maximum Gasteiger partial charge on any atom is 0.103 e. The maximum absolute atomic E-state index is 9.28. The Morgan fingerprint density at radius 1 is 1.31 bits per heavy atom. The van der Waals surface area contributed by atoms with Gasteiger partial charge in [0.25, 0.3) is 0 Å². The highest BCUT2D eigenvalue weighted by molar-refractivity contribution is 4.55.